The van der Waals surface area contributed by atoms with E-state index < -0.39 is 0 Å². The maximum absolute atomic E-state index is 12.6. The van der Waals surface area contributed by atoms with E-state index in [0.29, 0.717) is 43.1 Å². The number of rotatable bonds is 13. The maximum Gasteiger partial charge on any atom is 0.248 e. The molecule has 8 nitrogen and oxygen atoms in total. The lowest BCUT2D eigenvalue weighted by Gasteiger charge is -2.16. The summed E-state index contributed by atoms with van der Waals surface area (Å²) < 4.78 is 11.2. The van der Waals surface area contributed by atoms with Crippen molar-refractivity contribution < 1.29 is 14.3 Å². The first-order valence-corrected chi connectivity index (χ1v) is 12.4. The van der Waals surface area contributed by atoms with Crippen molar-refractivity contribution >= 4 is 28.4 Å². The van der Waals surface area contributed by atoms with E-state index >= 15 is 0 Å². The first-order valence-electron chi connectivity index (χ1n) is 12.4. The van der Waals surface area contributed by atoms with Crippen molar-refractivity contribution in [3.05, 3.63) is 66.4 Å². The van der Waals surface area contributed by atoms with Gasteiger partial charge in [0, 0.05) is 43.9 Å². The number of anilines is 2. The van der Waals surface area contributed by atoms with Gasteiger partial charge >= 0.3 is 0 Å². The summed E-state index contributed by atoms with van der Waals surface area (Å²) in [6.07, 6.45) is 7.52. The molecule has 1 aliphatic carbocycles. The quantitative estimate of drug-likeness (QED) is 0.338. The molecule has 36 heavy (non-hydrogen) atoms. The van der Waals surface area contributed by atoms with Gasteiger partial charge in [0.1, 0.15) is 5.75 Å². The highest BCUT2D eigenvalue weighted by molar-refractivity contribution is 6.02. The molecule has 4 rings (SSSR count). The van der Waals surface area contributed by atoms with Crippen LogP contribution in [0.2, 0.25) is 0 Å². The number of nitrogens with one attached hydrogen (secondary N) is 2. The van der Waals surface area contributed by atoms with E-state index in [1.807, 2.05) is 43.5 Å². The highest BCUT2D eigenvalue weighted by Gasteiger charge is 2.23. The third-order valence-electron chi connectivity index (χ3n) is 6.12. The summed E-state index contributed by atoms with van der Waals surface area (Å²) in [7, 11) is 3.66. The van der Waals surface area contributed by atoms with Gasteiger partial charge in [0.05, 0.1) is 30.5 Å². The number of carbonyl (C=O) groups is 1. The number of nitrogens with zero attached hydrogens (tertiary/aromatic N) is 3. The molecule has 1 atom stereocenters. The Morgan fingerprint density at radius 2 is 2.06 bits per heavy atom. The van der Waals surface area contributed by atoms with E-state index in [2.05, 4.69) is 39.6 Å². The Labute approximate surface area is 212 Å². The van der Waals surface area contributed by atoms with Crippen molar-refractivity contribution in [2.75, 3.05) is 51.1 Å². The van der Waals surface area contributed by atoms with Crippen LogP contribution in [0.1, 0.15) is 31.4 Å². The van der Waals surface area contributed by atoms with Gasteiger partial charge in [-0.15, -0.1) is 0 Å². The number of methoxy groups -OCH3 is 1. The van der Waals surface area contributed by atoms with Crippen molar-refractivity contribution in [3.8, 4) is 5.75 Å². The second-order valence-corrected chi connectivity index (χ2v) is 9.28. The van der Waals surface area contributed by atoms with E-state index in [1.54, 1.807) is 19.4 Å². The zero-order valence-corrected chi connectivity index (χ0v) is 21.2. The topological polar surface area (TPSA) is 88.6 Å². The number of likely N-dealkylation sites (N-methyl/N-ethyl adjacent to an activating group) is 1. The number of carbonyl (C=O) groups excluding carboxylic acids is 1. The van der Waals surface area contributed by atoms with Gasteiger partial charge in [-0.2, -0.15) is 0 Å². The van der Waals surface area contributed by atoms with Crippen LogP contribution in [0.4, 0.5) is 11.6 Å². The molecule has 1 heterocycles. The fraction of sp³-hybridized carbons (Fsp3) is 0.393. The minimum Gasteiger partial charge on any atom is -0.491 e. The smallest absolute Gasteiger partial charge is 0.248 e. The molecule has 0 saturated heterocycles. The molecule has 0 aliphatic heterocycles. The van der Waals surface area contributed by atoms with Crippen LogP contribution in [0.25, 0.3) is 10.9 Å². The predicted octanol–water partition coefficient (Wildman–Crippen LogP) is 4.66. The van der Waals surface area contributed by atoms with Gasteiger partial charge in [-0.05, 0) is 44.4 Å². The standard InChI is InChI=1S/C28H35N5O3/c1-20(22-8-5-4-6-9-22)30-28-29-18-23-16-25(26(17-24(23)32-28)36-19-21-11-12-21)31-27(34)10-7-13-33(2)14-15-35-3/h4-10,16-18,20-21H,11-15,19H2,1-3H3,(H,31,34)(H,29,30,32)/t20-/m1/s1. The molecule has 3 aromatic rings. The summed E-state index contributed by atoms with van der Waals surface area (Å²) >= 11 is 0. The zero-order valence-electron chi connectivity index (χ0n) is 21.2. The third kappa shape index (κ3) is 7.50. The number of hydrogen-bond donors (Lipinski definition) is 2. The molecule has 0 spiro atoms. The molecule has 0 unspecified atom stereocenters. The van der Waals surface area contributed by atoms with Gasteiger partial charge in [-0.3, -0.25) is 4.79 Å². The number of fused-ring (bicyclic) bond motifs is 1. The molecule has 190 valence electrons. The Kier molecular flexibility index (Phi) is 8.86. The van der Waals surface area contributed by atoms with Crippen LogP contribution in [-0.2, 0) is 9.53 Å². The summed E-state index contributed by atoms with van der Waals surface area (Å²) in [5.41, 5.74) is 2.53. The Hall–Kier alpha value is -3.49. The molecule has 1 aromatic heterocycles. The third-order valence-corrected chi connectivity index (χ3v) is 6.12. The lowest BCUT2D eigenvalue weighted by Crippen LogP contribution is -2.23. The van der Waals surface area contributed by atoms with E-state index in [0.717, 1.165) is 23.0 Å². The molecule has 1 saturated carbocycles. The number of ether oxygens (including phenoxy) is 2. The van der Waals surface area contributed by atoms with Crippen molar-refractivity contribution in [2.45, 2.75) is 25.8 Å². The maximum atomic E-state index is 12.6. The van der Waals surface area contributed by atoms with Crippen LogP contribution < -0.4 is 15.4 Å². The van der Waals surface area contributed by atoms with Gasteiger partial charge < -0.3 is 25.0 Å². The average Bonchev–Trinajstić information content (AvgIpc) is 3.71. The summed E-state index contributed by atoms with van der Waals surface area (Å²) in [5, 5.41) is 7.16. The fourth-order valence-corrected chi connectivity index (χ4v) is 3.71. The van der Waals surface area contributed by atoms with Crippen molar-refractivity contribution in [1.29, 1.82) is 0 Å². The van der Waals surface area contributed by atoms with Gasteiger partial charge in [-0.1, -0.05) is 36.4 Å². The van der Waals surface area contributed by atoms with Gasteiger partial charge in [-0.25, -0.2) is 9.97 Å². The van der Waals surface area contributed by atoms with Crippen LogP contribution >= 0.6 is 0 Å². The van der Waals surface area contributed by atoms with E-state index in [9.17, 15) is 4.79 Å². The van der Waals surface area contributed by atoms with Crippen LogP contribution in [0, 0.1) is 5.92 Å². The lowest BCUT2D eigenvalue weighted by atomic mass is 10.1. The van der Waals surface area contributed by atoms with Gasteiger partial charge in [0.25, 0.3) is 0 Å². The Morgan fingerprint density at radius 3 is 2.81 bits per heavy atom. The molecule has 8 heteroatoms. The predicted molar refractivity (Wildman–Crippen MR) is 143 cm³/mol. The van der Waals surface area contributed by atoms with Gasteiger partial charge in [0.2, 0.25) is 11.9 Å². The fourth-order valence-electron chi connectivity index (χ4n) is 3.71. The Bertz CT molecular complexity index is 1180. The molecule has 1 aliphatic rings. The largest absolute Gasteiger partial charge is 0.491 e. The first-order chi connectivity index (χ1) is 17.5. The molecule has 2 N–H and O–H groups in total. The number of aromatic nitrogens is 2. The van der Waals surface area contributed by atoms with E-state index in [-0.39, 0.29) is 11.9 Å². The second-order valence-electron chi connectivity index (χ2n) is 9.28. The number of hydrogen-bond acceptors (Lipinski definition) is 7. The lowest BCUT2D eigenvalue weighted by molar-refractivity contribution is -0.111. The monoisotopic (exact) mass is 489 g/mol. The van der Waals surface area contributed by atoms with Gasteiger partial charge in [0.15, 0.2) is 0 Å². The van der Waals surface area contributed by atoms with E-state index in [4.69, 9.17) is 14.5 Å². The minimum atomic E-state index is -0.207. The zero-order chi connectivity index (χ0) is 25.3. The summed E-state index contributed by atoms with van der Waals surface area (Å²) in [4.78, 5) is 23.9. The first kappa shape index (κ1) is 25.6. The van der Waals surface area contributed by atoms with E-state index in [1.165, 1.54) is 12.8 Å². The Balaban J connectivity index is 1.48. The highest BCUT2D eigenvalue weighted by atomic mass is 16.5. The normalized spacial score (nSPS) is 14.3. The number of benzene rings is 2. The molecule has 2 aromatic carbocycles. The molecule has 1 fully saturated rings. The second kappa shape index (κ2) is 12.5. The van der Waals surface area contributed by atoms with Crippen LogP contribution in [0.15, 0.2) is 60.8 Å². The summed E-state index contributed by atoms with van der Waals surface area (Å²) in [6.45, 7) is 4.82. The van der Waals surface area contributed by atoms with Crippen LogP contribution in [0.5, 0.6) is 5.75 Å². The summed E-state index contributed by atoms with van der Waals surface area (Å²) in [5.74, 6) is 1.54. The number of amides is 1. The molecule has 0 radical (unpaired) electrons. The minimum absolute atomic E-state index is 0.0631. The molecule has 0 bridgehead atoms. The molecular weight excluding hydrogens is 454 g/mol. The van der Waals surface area contributed by atoms with Crippen LogP contribution in [0.3, 0.4) is 0 Å². The molecule has 1 amide bonds. The summed E-state index contributed by atoms with van der Waals surface area (Å²) in [6, 6.07) is 14.0. The van der Waals surface area contributed by atoms with Crippen LogP contribution in [-0.4, -0.2) is 61.2 Å². The molecular formula is C28H35N5O3. The van der Waals surface area contributed by atoms with Crippen molar-refractivity contribution in [3.63, 3.8) is 0 Å². The van der Waals surface area contributed by atoms with Crippen molar-refractivity contribution in [2.24, 2.45) is 5.92 Å². The average molecular weight is 490 g/mol. The SMILES string of the molecule is COCCN(C)CC=CC(=O)Nc1cc2cnc(N[C@H](C)c3ccccc3)nc2cc1OCC1CC1. The van der Waals surface area contributed by atoms with Crippen molar-refractivity contribution in [1.82, 2.24) is 14.9 Å². The highest BCUT2D eigenvalue weighted by Crippen LogP contribution is 2.34. The Morgan fingerprint density at radius 1 is 1.25 bits per heavy atom.